The fraction of sp³-hybridized carbons (Fsp3) is 0.294. The summed E-state index contributed by atoms with van der Waals surface area (Å²) in [6, 6.07) is 14.6. The molecule has 5 nitrogen and oxygen atoms in total. The zero-order valence-corrected chi connectivity index (χ0v) is 14.0. The van der Waals surface area contributed by atoms with E-state index in [9.17, 15) is 8.42 Å². The molecule has 2 aromatic rings. The lowest BCUT2D eigenvalue weighted by molar-refractivity contribution is 0.414. The van der Waals surface area contributed by atoms with Gasteiger partial charge in [-0.15, -0.1) is 0 Å². The molecular weight excluding hydrogens is 314 g/mol. The van der Waals surface area contributed by atoms with Gasteiger partial charge in [-0.3, -0.25) is 0 Å². The van der Waals surface area contributed by atoms with Crippen molar-refractivity contribution in [3.8, 4) is 11.5 Å². The number of nitrogens with two attached hydrogens (primary N) is 1. The Morgan fingerprint density at radius 3 is 1.43 bits per heavy atom. The second kappa shape index (κ2) is 7.48. The third-order valence-corrected chi connectivity index (χ3v) is 4.97. The number of methoxy groups -OCH3 is 2. The Morgan fingerprint density at radius 2 is 1.17 bits per heavy atom. The maximum absolute atomic E-state index is 11.9. The van der Waals surface area contributed by atoms with Gasteiger partial charge in [0.05, 0.1) is 19.5 Å². The van der Waals surface area contributed by atoms with Crippen LogP contribution in [0.2, 0.25) is 0 Å². The molecule has 23 heavy (non-hydrogen) atoms. The summed E-state index contributed by atoms with van der Waals surface area (Å²) in [5.74, 6) is 1.46. The summed E-state index contributed by atoms with van der Waals surface area (Å²) < 4.78 is 34.0. The van der Waals surface area contributed by atoms with Crippen LogP contribution in [0.5, 0.6) is 11.5 Å². The van der Waals surface area contributed by atoms with Crippen molar-refractivity contribution in [1.82, 2.24) is 0 Å². The smallest absolute Gasteiger partial charge is 0.212 e. The highest BCUT2D eigenvalue weighted by atomic mass is 32.2. The number of rotatable bonds is 7. The van der Waals surface area contributed by atoms with Gasteiger partial charge in [-0.05, 0) is 48.2 Å². The van der Waals surface area contributed by atoms with E-state index in [0.29, 0.717) is 12.8 Å². The molecule has 124 valence electrons. The SMILES string of the molecule is COc1ccc(CC(Cc2ccc(OC)cc2)S(N)(=O)=O)cc1. The maximum atomic E-state index is 11.9. The topological polar surface area (TPSA) is 78.6 Å². The number of sulfonamides is 1. The van der Waals surface area contributed by atoms with Gasteiger partial charge in [0.25, 0.3) is 0 Å². The van der Waals surface area contributed by atoms with Crippen molar-refractivity contribution in [2.45, 2.75) is 18.1 Å². The maximum Gasteiger partial charge on any atom is 0.212 e. The average Bonchev–Trinajstić information content (AvgIpc) is 2.54. The van der Waals surface area contributed by atoms with Gasteiger partial charge in [0.2, 0.25) is 10.0 Å². The van der Waals surface area contributed by atoms with Crippen molar-refractivity contribution in [2.24, 2.45) is 5.14 Å². The first-order valence-corrected chi connectivity index (χ1v) is 8.81. The summed E-state index contributed by atoms with van der Waals surface area (Å²) >= 11 is 0. The Morgan fingerprint density at radius 1 is 0.826 bits per heavy atom. The van der Waals surface area contributed by atoms with E-state index >= 15 is 0 Å². The highest BCUT2D eigenvalue weighted by Gasteiger charge is 2.22. The summed E-state index contributed by atoms with van der Waals surface area (Å²) in [7, 11) is -0.477. The molecular formula is C17H21NO4S. The molecule has 0 atom stereocenters. The lowest BCUT2D eigenvalue weighted by Gasteiger charge is -2.15. The second-order valence-electron chi connectivity index (χ2n) is 5.32. The lowest BCUT2D eigenvalue weighted by atomic mass is 10.0. The molecule has 0 saturated heterocycles. The molecule has 0 aliphatic rings. The molecule has 0 amide bonds. The van der Waals surface area contributed by atoms with Crippen molar-refractivity contribution in [3.63, 3.8) is 0 Å². The molecule has 2 N–H and O–H groups in total. The summed E-state index contributed by atoms with van der Waals surface area (Å²) in [4.78, 5) is 0. The van der Waals surface area contributed by atoms with Crippen molar-refractivity contribution >= 4 is 10.0 Å². The van der Waals surface area contributed by atoms with E-state index in [1.807, 2.05) is 48.5 Å². The Labute approximate surface area is 137 Å². The Hall–Kier alpha value is -2.05. The van der Waals surface area contributed by atoms with Gasteiger partial charge in [-0.25, -0.2) is 13.6 Å². The van der Waals surface area contributed by atoms with Crippen molar-refractivity contribution < 1.29 is 17.9 Å². The predicted octanol–water partition coefficient (Wildman–Crippen LogP) is 2.15. The quantitative estimate of drug-likeness (QED) is 0.841. The van der Waals surface area contributed by atoms with Gasteiger partial charge in [0.1, 0.15) is 11.5 Å². The molecule has 0 aliphatic heterocycles. The van der Waals surface area contributed by atoms with Crippen LogP contribution in [-0.4, -0.2) is 27.9 Å². The first kappa shape index (κ1) is 17.3. The van der Waals surface area contributed by atoms with Crippen molar-refractivity contribution in [2.75, 3.05) is 14.2 Å². The normalized spacial score (nSPS) is 11.5. The molecule has 0 bridgehead atoms. The van der Waals surface area contributed by atoms with E-state index in [4.69, 9.17) is 14.6 Å². The minimum atomic E-state index is -3.66. The third-order valence-electron chi connectivity index (χ3n) is 3.71. The molecule has 0 aromatic heterocycles. The van der Waals surface area contributed by atoms with Crippen LogP contribution in [0.25, 0.3) is 0 Å². The minimum Gasteiger partial charge on any atom is -0.497 e. The molecule has 0 aliphatic carbocycles. The zero-order chi connectivity index (χ0) is 16.9. The van der Waals surface area contributed by atoms with Crippen LogP contribution in [0.3, 0.4) is 0 Å². The van der Waals surface area contributed by atoms with Crippen LogP contribution in [0.4, 0.5) is 0 Å². The molecule has 0 saturated carbocycles. The number of ether oxygens (including phenoxy) is 2. The third kappa shape index (κ3) is 4.97. The number of primary sulfonamides is 1. The van der Waals surface area contributed by atoms with Gasteiger partial charge < -0.3 is 9.47 Å². The van der Waals surface area contributed by atoms with E-state index in [-0.39, 0.29) is 0 Å². The average molecular weight is 335 g/mol. The predicted molar refractivity (Wildman–Crippen MR) is 90.3 cm³/mol. The molecule has 0 fully saturated rings. The molecule has 6 heteroatoms. The van der Waals surface area contributed by atoms with E-state index in [1.165, 1.54) is 0 Å². The lowest BCUT2D eigenvalue weighted by Crippen LogP contribution is -2.32. The summed E-state index contributed by atoms with van der Waals surface area (Å²) in [6.45, 7) is 0. The van der Waals surface area contributed by atoms with Gasteiger partial charge >= 0.3 is 0 Å². The van der Waals surface area contributed by atoms with E-state index < -0.39 is 15.3 Å². The molecule has 2 rings (SSSR count). The van der Waals surface area contributed by atoms with E-state index in [1.54, 1.807) is 14.2 Å². The fourth-order valence-corrected chi connectivity index (χ4v) is 3.20. The van der Waals surface area contributed by atoms with Crippen molar-refractivity contribution in [1.29, 1.82) is 0 Å². The Balaban J connectivity index is 2.16. The largest absolute Gasteiger partial charge is 0.497 e. The monoisotopic (exact) mass is 335 g/mol. The van der Waals surface area contributed by atoms with Gasteiger partial charge in [-0.1, -0.05) is 24.3 Å². The van der Waals surface area contributed by atoms with Crippen LogP contribution in [0, 0.1) is 0 Å². The number of hydrogen-bond donors (Lipinski definition) is 1. The van der Waals surface area contributed by atoms with Gasteiger partial charge in [0, 0.05) is 0 Å². The van der Waals surface area contributed by atoms with Crippen LogP contribution < -0.4 is 14.6 Å². The number of hydrogen-bond acceptors (Lipinski definition) is 4. The van der Waals surface area contributed by atoms with Crippen LogP contribution in [0.1, 0.15) is 11.1 Å². The molecule has 0 radical (unpaired) electrons. The summed E-state index contributed by atoms with van der Waals surface area (Å²) in [5, 5.41) is 4.73. The summed E-state index contributed by atoms with van der Waals surface area (Å²) in [5.41, 5.74) is 1.80. The molecule has 0 spiro atoms. The zero-order valence-electron chi connectivity index (χ0n) is 13.2. The van der Waals surface area contributed by atoms with Gasteiger partial charge in [-0.2, -0.15) is 0 Å². The Kier molecular flexibility index (Phi) is 5.63. The molecule has 2 aromatic carbocycles. The van der Waals surface area contributed by atoms with Gasteiger partial charge in [0.15, 0.2) is 0 Å². The molecule has 0 unspecified atom stereocenters. The number of benzene rings is 2. The van der Waals surface area contributed by atoms with E-state index in [0.717, 1.165) is 22.6 Å². The highest BCUT2D eigenvalue weighted by Crippen LogP contribution is 2.19. The van der Waals surface area contributed by atoms with Crippen LogP contribution in [0.15, 0.2) is 48.5 Å². The second-order valence-corrected chi connectivity index (χ2v) is 7.16. The van der Waals surface area contributed by atoms with Crippen LogP contribution in [-0.2, 0) is 22.9 Å². The highest BCUT2D eigenvalue weighted by molar-refractivity contribution is 7.89. The van der Waals surface area contributed by atoms with Crippen molar-refractivity contribution in [3.05, 3.63) is 59.7 Å². The fourth-order valence-electron chi connectivity index (χ4n) is 2.35. The minimum absolute atomic E-state index is 0.356. The Bertz CT molecular complexity index is 675. The molecule has 0 heterocycles. The first-order chi connectivity index (χ1) is 10.9. The van der Waals surface area contributed by atoms with Crippen LogP contribution >= 0.6 is 0 Å². The van der Waals surface area contributed by atoms with E-state index in [2.05, 4.69) is 0 Å². The standard InChI is InChI=1S/C17H21NO4S/c1-21-15-7-3-13(4-8-15)11-17(23(18,19)20)12-14-5-9-16(22-2)10-6-14/h3-10,17H,11-12H2,1-2H3,(H2,18,19,20). The first-order valence-electron chi connectivity index (χ1n) is 7.20. The summed E-state index contributed by atoms with van der Waals surface area (Å²) in [6.07, 6.45) is 0.712.